The van der Waals surface area contributed by atoms with E-state index in [4.69, 9.17) is 0 Å². The molecule has 4 rings (SSSR count). The molecule has 1 aliphatic carbocycles. The van der Waals surface area contributed by atoms with Gasteiger partial charge >= 0.3 is 6.18 Å². The fourth-order valence-corrected chi connectivity index (χ4v) is 6.93. The van der Waals surface area contributed by atoms with E-state index in [1.807, 2.05) is 26.8 Å². The molecule has 3 nitrogen and oxygen atoms in total. The van der Waals surface area contributed by atoms with Crippen LogP contribution in [0.5, 0.6) is 0 Å². The molecule has 34 heavy (non-hydrogen) atoms. The second-order valence-electron chi connectivity index (χ2n) is 10.2. The summed E-state index contributed by atoms with van der Waals surface area (Å²) in [5, 5.41) is -0.489. The monoisotopic (exact) mass is 495 g/mol. The molecule has 1 heterocycles. The largest absolute Gasteiger partial charge is 0.419 e. The van der Waals surface area contributed by atoms with Crippen molar-refractivity contribution in [2.45, 2.75) is 82.2 Å². The lowest BCUT2D eigenvalue weighted by molar-refractivity contribution is -0.140. The van der Waals surface area contributed by atoms with Gasteiger partial charge < -0.3 is 0 Å². The van der Waals surface area contributed by atoms with Crippen LogP contribution in [0.25, 0.3) is 11.1 Å². The molecule has 2 aromatic rings. The molecule has 2 aliphatic rings. The van der Waals surface area contributed by atoms with Crippen molar-refractivity contribution in [1.82, 2.24) is 4.31 Å². The Balaban J connectivity index is 1.80. The maximum atomic E-state index is 13.8. The Morgan fingerprint density at radius 3 is 2.12 bits per heavy atom. The van der Waals surface area contributed by atoms with Gasteiger partial charge in [0.05, 0.1) is 10.8 Å². The zero-order valence-corrected chi connectivity index (χ0v) is 20.4. The average Bonchev–Trinajstić information content (AvgIpc) is 3.07. The van der Waals surface area contributed by atoms with Gasteiger partial charge in [0.2, 0.25) is 5.91 Å². The summed E-state index contributed by atoms with van der Waals surface area (Å²) in [5.41, 5.74) is 0.722. The molecular formula is C26H29F4NO2S. The Hall–Kier alpha value is -2.22. The lowest BCUT2D eigenvalue weighted by Gasteiger charge is -2.31. The van der Waals surface area contributed by atoms with Gasteiger partial charge in [-0.25, -0.2) is 8.60 Å². The van der Waals surface area contributed by atoms with E-state index in [1.54, 1.807) is 12.1 Å². The van der Waals surface area contributed by atoms with E-state index in [-0.39, 0.29) is 23.8 Å². The summed E-state index contributed by atoms with van der Waals surface area (Å²) in [6.07, 6.45) is 0.438. The summed E-state index contributed by atoms with van der Waals surface area (Å²) in [5.74, 6) is -1.28. The maximum absolute atomic E-state index is 13.8. The number of carbonyl (C=O) groups is 1. The van der Waals surface area contributed by atoms with Gasteiger partial charge in [-0.2, -0.15) is 13.2 Å². The molecule has 184 valence electrons. The first-order valence-corrected chi connectivity index (χ1v) is 12.8. The maximum Gasteiger partial charge on any atom is 0.419 e. The Morgan fingerprint density at radius 1 is 0.912 bits per heavy atom. The zero-order valence-electron chi connectivity index (χ0n) is 19.5. The van der Waals surface area contributed by atoms with E-state index in [1.165, 1.54) is 10.4 Å². The van der Waals surface area contributed by atoms with Crippen LogP contribution in [0.1, 0.15) is 87.2 Å². The molecule has 2 atom stereocenters. The first-order chi connectivity index (χ1) is 15.9. The van der Waals surface area contributed by atoms with Crippen LogP contribution in [0.15, 0.2) is 36.4 Å². The molecule has 0 spiro atoms. The zero-order chi connectivity index (χ0) is 24.8. The van der Waals surface area contributed by atoms with Crippen molar-refractivity contribution in [3.05, 3.63) is 58.9 Å². The van der Waals surface area contributed by atoms with Crippen molar-refractivity contribution in [2.75, 3.05) is 0 Å². The Bertz CT molecular complexity index is 1120. The van der Waals surface area contributed by atoms with Crippen molar-refractivity contribution in [3.8, 4) is 11.1 Å². The third-order valence-corrected chi connectivity index (χ3v) is 8.72. The van der Waals surface area contributed by atoms with E-state index in [2.05, 4.69) is 0 Å². The van der Waals surface area contributed by atoms with Crippen molar-refractivity contribution >= 4 is 16.9 Å². The molecule has 1 amide bonds. The quantitative estimate of drug-likeness (QED) is 0.419. The number of hydrogen-bond donors (Lipinski definition) is 0. The van der Waals surface area contributed by atoms with Crippen LogP contribution >= 0.6 is 0 Å². The minimum atomic E-state index is -4.79. The number of carbonyl (C=O) groups excluding carboxylic acids is 1. The molecule has 0 radical (unpaired) electrons. The summed E-state index contributed by atoms with van der Waals surface area (Å²) >= 11 is 0. The van der Waals surface area contributed by atoms with Crippen LogP contribution < -0.4 is 0 Å². The Labute approximate surface area is 200 Å². The van der Waals surface area contributed by atoms with E-state index in [0.717, 1.165) is 55.4 Å². The predicted octanol–water partition coefficient (Wildman–Crippen LogP) is 7.29. The summed E-state index contributed by atoms with van der Waals surface area (Å²) in [6.45, 7) is 5.55. The molecule has 2 fully saturated rings. The fraction of sp³-hybridized carbons (Fsp3) is 0.500. The highest BCUT2D eigenvalue weighted by Crippen LogP contribution is 2.44. The number of alkyl halides is 3. The van der Waals surface area contributed by atoms with Crippen LogP contribution in [0.4, 0.5) is 17.6 Å². The fourth-order valence-electron chi connectivity index (χ4n) is 5.14. The molecule has 1 saturated carbocycles. The molecule has 1 saturated heterocycles. The molecule has 0 bridgehead atoms. The standard InChI is InChI=1S/C26H29F4NO2S/c1-25(2,3)31-24(32)15-23(34(31)33)19-11-9-17(13-20(19)16-7-5-4-6-8-16)18-10-12-22(27)21(14-18)26(28,29)30/h9-14,16,23H,4-8,15H2,1-3H3. The van der Waals surface area contributed by atoms with Gasteiger partial charge in [-0.1, -0.05) is 43.5 Å². The minimum Gasteiger partial charge on any atom is -0.274 e. The summed E-state index contributed by atoms with van der Waals surface area (Å²) in [4.78, 5) is 12.7. The number of halogens is 4. The van der Waals surface area contributed by atoms with Gasteiger partial charge in [0.15, 0.2) is 0 Å². The van der Waals surface area contributed by atoms with E-state index in [9.17, 15) is 26.6 Å². The molecule has 0 aromatic heterocycles. The van der Waals surface area contributed by atoms with Gasteiger partial charge in [-0.15, -0.1) is 0 Å². The van der Waals surface area contributed by atoms with Crippen molar-refractivity contribution < 1.29 is 26.6 Å². The van der Waals surface area contributed by atoms with Crippen LogP contribution in [-0.4, -0.2) is 20.0 Å². The van der Waals surface area contributed by atoms with E-state index >= 15 is 0 Å². The van der Waals surface area contributed by atoms with E-state index in [0.29, 0.717) is 5.56 Å². The first-order valence-electron chi connectivity index (χ1n) is 11.6. The number of nitrogens with zero attached hydrogens (tertiary/aromatic N) is 1. The average molecular weight is 496 g/mol. The smallest absolute Gasteiger partial charge is 0.274 e. The molecule has 8 heteroatoms. The summed E-state index contributed by atoms with van der Waals surface area (Å²) in [6, 6.07) is 8.39. The third kappa shape index (κ3) is 4.79. The van der Waals surface area contributed by atoms with Gasteiger partial charge in [-0.3, -0.25) is 9.10 Å². The van der Waals surface area contributed by atoms with Gasteiger partial charge in [-0.05, 0) is 73.9 Å². The van der Waals surface area contributed by atoms with Crippen molar-refractivity contribution in [3.63, 3.8) is 0 Å². The lowest BCUT2D eigenvalue weighted by atomic mass is 9.80. The normalized spacial score (nSPS) is 22.4. The SMILES string of the molecule is CC(C)(C)N1C(=O)CC(c2ccc(-c3ccc(F)c(C(F)(F)F)c3)cc2C2CCCCC2)S1=O. The van der Waals surface area contributed by atoms with Crippen LogP contribution in [-0.2, 0) is 22.0 Å². The molecule has 1 aliphatic heterocycles. The summed E-state index contributed by atoms with van der Waals surface area (Å²) < 4.78 is 68.5. The Morgan fingerprint density at radius 2 is 1.53 bits per heavy atom. The minimum absolute atomic E-state index is 0.137. The second kappa shape index (κ2) is 9.10. The van der Waals surface area contributed by atoms with Gasteiger partial charge in [0, 0.05) is 12.0 Å². The van der Waals surface area contributed by atoms with Crippen LogP contribution in [0, 0.1) is 5.82 Å². The highest BCUT2D eigenvalue weighted by Gasteiger charge is 2.45. The highest BCUT2D eigenvalue weighted by molar-refractivity contribution is 7.84. The number of hydrogen-bond acceptors (Lipinski definition) is 2. The highest BCUT2D eigenvalue weighted by atomic mass is 32.2. The molecular weight excluding hydrogens is 466 g/mol. The summed E-state index contributed by atoms with van der Waals surface area (Å²) in [7, 11) is -1.55. The Kier molecular flexibility index (Phi) is 6.66. The second-order valence-corrected chi connectivity index (χ2v) is 11.7. The topological polar surface area (TPSA) is 37.4 Å². The molecule has 0 N–H and O–H groups in total. The van der Waals surface area contributed by atoms with Crippen molar-refractivity contribution in [2.24, 2.45) is 0 Å². The predicted molar refractivity (Wildman–Crippen MR) is 125 cm³/mol. The number of rotatable bonds is 3. The molecule has 2 aromatic carbocycles. The van der Waals surface area contributed by atoms with Crippen LogP contribution in [0.2, 0.25) is 0 Å². The number of amides is 1. The number of benzene rings is 2. The molecule has 2 unspecified atom stereocenters. The third-order valence-electron chi connectivity index (χ3n) is 6.70. The van der Waals surface area contributed by atoms with E-state index < -0.39 is 39.3 Å². The van der Waals surface area contributed by atoms with Gasteiger partial charge in [0.1, 0.15) is 16.8 Å². The first kappa shape index (κ1) is 24.9. The lowest BCUT2D eigenvalue weighted by Crippen LogP contribution is -2.42. The van der Waals surface area contributed by atoms with Crippen LogP contribution in [0.3, 0.4) is 0 Å². The van der Waals surface area contributed by atoms with Gasteiger partial charge in [0.25, 0.3) is 0 Å². The van der Waals surface area contributed by atoms with Crippen molar-refractivity contribution in [1.29, 1.82) is 0 Å².